The predicted octanol–water partition coefficient (Wildman–Crippen LogP) is 8.87. The first-order valence-corrected chi connectivity index (χ1v) is 13.9. The summed E-state index contributed by atoms with van der Waals surface area (Å²) in [6.07, 6.45) is 5.77. The zero-order valence-electron chi connectivity index (χ0n) is 23.3. The first-order valence-electron chi connectivity index (χ1n) is 13.9. The molecule has 8 aromatic rings. The molecule has 4 aromatic heterocycles. The fourth-order valence-corrected chi connectivity index (χ4v) is 5.80. The molecule has 0 aliphatic carbocycles. The summed E-state index contributed by atoms with van der Waals surface area (Å²) >= 11 is 0. The number of fused-ring (bicyclic) bond motifs is 4. The van der Waals surface area contributed by atoms with Crippen molar-refractivity contribution in [3.8, 4) is 17.1 Å². The Morgan fingerprint density at radius 1 is 0.698 bits per heavy atom. The third-order valence-electron chi connectivity index (χ3n) is 7.74. The fraction of sp³-hybridized carbons (Fsp3) is 0.0270. The summed E-state index contributed by atoms with van der Waals surface area (Å²) in [6, 6.07) is 47.0. The number of rotatable bonds is 5. The van der Waals surface area contributed by atoms with E-state index in [-0.39, 0.29) is 21.1 Å². The van der Waals surface area contributed by atoms with Crippen molar-refractivity contribution in [3.63, 3.8) is 0 Å². The molecule has 4 heterocycles. The van der Waals surface area contributed by atoms with E-state index in [9.17, 15) is 0 Å². The minimum absolute atomic E-state index is 0. The van der Waals surface area contributed by atoms with Crippen molar-refractivity contribution in [1.29, 1.82) is 0 Å². The third kappa shape index (κ3) is 4.53. The quantitative estimate of drug-likeness (QED) is 0.166. The molecule has 0 radical (unpaired) electrons. The first kappa shape index (κ1) is 26.9. The van der Waals surface area contributed by atoms with E-state index in [1.54, 1.807) is 0 Å². The van der Waals surface area contributed by atoms with Crippen LogP contribution in [0.1, 0.15) is 5.56 Å². The molecule has 0 amide bonds. The number of hydrogen-bond acceptors (Lipinski definition) is 3. The number of imidazole rings is 1. The summed E-state index contributed by atoms with van der Waals surface area (Å²) in [5, 5.41) is 2.30. The van der Waals surface area contributed by atoms with Crippen LogP contribution in [0.3, 0.4) is 0 Å². The number of benzene rings is 4. The van der Waals surface area contributed by atoms with Gasteiger partial charge in [-0.15, -0.1) is 42.0 Å². The van der Waals surface area contributed by atoms with Crippen molar-refractivity contribution in [1.82, 2.24) is 18.9 Å². The number of pyridine rings is 2. The standard InChI is InChI=1S/C37H25N5.Pt/c1-26-11-2-4-16-33(26)42(36-18-6-8-21-38-36)29-14-10-13-28(24-29)41-34-17-5-3-15-31(34)32-20-19-27(23-35(32)41)37-39-25-30-12-7-9-22-40(30)37;/h2-22,25H,1H3;/q-2;+2. The Morgan fingerprint density at radius 3 is 2.42 bits per heavy atom. The molecule has 0 N–H and O–H groups in total. The molecular formula is C37H25N5Pt. The Hall–Kier alpha value is -4.99. The molecule has 0 unspecified atom stereocenters. The second kappa shape index (κ2) is 11.0. The van der Waals surface area contributed by atoms with Crippen LogP contribution in [0.5, 0.6) is 0 Å². The predicted molar refractivity (Wildman–Crippen MR) is 170 cm³/mol. The van der Waals surface area contributed by atoms with E-state index in [1.165, 1.54) is 5.39 Å². The van der Waals surface area contributed by atoms with Crippen LogP contribution in [0.25, 0.3) is 44.4 Å². The van der Waals surface area contributed by atoms with Crippen LogP contribution < -0.4 is 4.90 Å². The SMILES string of the molecule is Cc1ccccc1N(c1[c-]c(-n2c3[c-]c(-c4ncc5ccccn45)ccc3c3ccccc32)ccc1)c1ccccn1.[Pt+2]. The molecule has 0 saturated carbocycles. The molecule has 208 valence electrons. The van der Waals surface area contributed by atoms with Gasteiger partial charge in [0.1, 0.15) is 5.82 Å². The monoisotopic (exact) mass is 734 g/mol. The van der Waals surface area contributed by atoms with Gasteiger partial charge in [-0.25, -0.2) is 4.98 Å². The Bertz CT molecular complexity index is 2230. The van der Waals surface area contributed by atoms with Gasteiger partial charge in [-0.2, -0.15) is 6.07 Å². The van der Waals surface area contributed by atoms with Crippen molar-refractivity contribution in [2.45, 2.75) is 6.92 Å². The van der Waals surface area contributed by atoms with Crippen molar-refractivity contribution in [2.24, 2.45) is 0 Å². The van der Waals surface area contributed by atoms with Gasteiger partial charge in [0.25, 0.3) is 0 Å². The molecule has 0 aliphatic rings. The topological polar surface area (TPSA) is 38.4 Å². The maximum absolute atomic E-state index is 4.74. The maximum atomic E-state index is 4.74. The normalized spacial score (nSPS) is 11.2. The number of aryl methyl sites for hydroxylation is 1. The zero-order chi connectivity index (χ0) is 28.0. The Balaban J connectivity index is 0.00000300. The Labute approximate surface area is 264 Å². The molecule has 43 heavy (non-hydrogen) atoms. The van der Waals surface area contributed by atoms with E-state index in [4.69, 9.17) is 9.97 Å². The van der Waals surface area contributed by atoms with Crippen LogP contribution in [0.4, 0.5) is 17.2 Å². The molecule has 4 aromatic carbocycles. The summed E-state index contributed by atoms with van der Waals surface area (Å²) in [4.78, 5) is 11.6. The number of hydrogen-bond donors (Lipinski definition) is 0. The van der Waals surface area contributed by atoms with Gasteiger partial charge in [-0.3, -0.25) is 4.98 Å². The van der Waals surface area contributed by atoms with Gasteiger partial charge < -0.3 is 13.9 Å². The number of anilines is 3. The molecule has 0 saturated heterocycles. The molecule has 5 nitrogen and oxygen atoms in total. The van der Waals surface area contributed by atoms with Gasteiger partial charge in [0.2, 0.25) is 0 Å². The van der Waals surface area contributed by atoms with Crippen LogP contribution in [-0.2, 0) is 21.1 Å². The Kier molecular flexibility index (Phi) is 6.88. The summed E-state index contributed by atoms with van der Waals surface area (Å²) in [5.41, 5.74) is 8.11. The van der Waals surface area contributed by atoms with Gasteiger partial charge in [0.05, 0.1) is 11.3 Å². The minimum atomic E-state index is 0. The van der Waals surface area contributed by atoms with Gasteiger partial charge in [0, 0.05) is 29.8 Å². The first-order chi connectivity index (χ1) is 20.8. The zero-order valence-corrected chi connectivity index (χ0v) is 25.5. The average molecular weight is 735 g/mol. The smallest absolute Gasteiger partial charge is 0.352 e. The molecule has 8 rings (SSSR count). The molecule has 6 heteroatoms. The maximum Gasteiger partial charge on any atom is 2.00 e. The third-order valence-corrected chi connectivity index (χ3v) is 7.74. The summed E-state index contributed by atoms with van der Waals surface area (Å²) in [7, 11) is 0. The molecule has 0 bridgehead atoms. The second-order valence-corrected chi connectivity index (χ2v) is 10.3. The van der Waals surface area contributed by atoms with E-state index in [0.717, 1.165) is 61.8 Å². The van der Waals surface area contributed by atoms with E-state index >= 15 is 0 Å². The minimum Gasteiger partial charge on any atom is -0.352 e. The van der Waals surface area contributed by atoms with Crippen molar-refractivity contribution in [2.75, 3.05) is 4.90 Å². The van der Waals surface area contributed by atoms with E-state index in [0.29, 0.717) is 0 Å². The van der Waals surface area contributed by atoms with Crippen LogP contribution in [0.15, 0.2) is 134 Å². The fourth-order valence-electron chi connectivity index (χ4n) is 5.80. The largest absolute Gasteiger partial charge is 2.00 e. The molecule has 0 spiro atoms. The van der Waals surface area contributed by atoms with Crippen molar-refractivity contribution in [3.05, 3.63) is 152 Å². The van der Waals surface area contributed by atoms with Gasteiger partial charge >= 0.3 is 21.1 Å². The molecule has 0 atom stereocenters. The molecule has 0 fully saturated rings. The summed E-state index contributed by atoms with van der Waals surface area (Å²) in [5.74, 6) is 1.70. The van der Waals surface area contributed by atoms with Gasteiger partial charge in [-0.1, -0.05) is 65.3 Å². The molecule has 0 aliphatic heterocycles. The molecular weight excluding hydrogens is 710 g/mol. The van der Waals surface area contributed by atoms with Crippen LogP contribution in [0.2, 0.25) is 0 Å². The number of nitrogens with zero attached hydrogens (tertiary/aromatic N) is 5. The van der Waals surface area contributed by atoms with Crippen LogP contribution in [0, 0.1) is 19.1 Å². The Morgan fingerprint density at radius 2 is 1.53 bits per heavy atom. The van der Waals surface area contributed by atoms with Gasteiger partial charge in [0.15, 0.2) is 0 Å². The summed E-state index contributed by atoms with van der Waals surface area (Å²) < 4.78 is 4.35. The van der Waals surface area contributed by atoms with E-state index < -0.39 is 0 Å². The van der Waals surface area contributed by atoms with E-state index in [2.05, 4.69) is 118 Å². The average Bonchev–Trinajstić information content (AvgIpc) is 3.62. The second-order valence-electron chi connectivity index (χ2n) is 10.3. The van der Waals surface area contributed by atoms with Crippen LogP contribution >= 0.6 is 0 Å². The van der Waals surface area contributed by atoms with Crippen molar-refractivity contribution < 1.29 is 21.1 Å². The van der Waals surface area contributed by atoms with Crippen molar-refractivity contribution >= 4 is 44.5 Å². The van der Waals surface area contributed by atoms with Crippen LogP contribution in [-0.4, -0.2) is 18.9 Å². The van der Waals surface area contributed by atoms with E-state index in [1.807, 2.05) is 48.9 Å². The number of aromatic nitrogens is 4. The number of para-hydroxylation sites is 2. The van der Waals surface area contributed by atoms with Gasteiger partial charge in [-0.05, 0) is 59.8 Å². The summed E-state index contributed by atoms with van der Waals surface area (Å²) in [6.45, 7) is 2.12.